The Morgan fingerprint density at radius 1 is 1.88 bits per heavy atom. The van der Waals surface area contributed by atoms with Crippen LogP contribution < -0.4 is 4.84 Å². The third-order valence-electron chi connectivity index (χ3n) is 0.497. The van der Waals surface area contributed by atoms with Gasteiger partial charge in [0.25, 0.3) is 0 Å². The number of nitroso groups, excluding NO2 is 1. The summed E-state index contributed by atoms with van der Waals surface area (Å²) >= 11 is 4.79. The van der Waals surface area contributed by atoms with E-state index in [-0.39, 0.29) is 0 Å². The van der Waals surface area contributed by atoms with Crippen LogP contribution in [-0.4, -0.2) is 18.1 Å². The fourth-order valence-electron chi connectivity index (χ4n) is 0.0982. The minimum absolute atomic E-state index is 0.535. The molecule has 0 aromatic carbocycles. The SMILES string of the molecule is CN(N=O)C(=O)NCl. The number of carbonyl (C=O) groups is 1. The van der Waals surface area contributed by atoms with Gasteiger partial charge in [0.05, 0.1) is 5.29 Å². The highest BCUT2D eigenvalue weighted by molar-refractivity contribution is 6.20. The van der Waals surface area contributed by atoms with E-state index in [9.17, 15) is 9.70 Å². The summed E-state index contributed by atoms with van der Waals surface area (Å²) in [4.78, 5) is 21.3. The zero-order chi connectivity index (χ0) is 6.57. The fraction of sp³-hybridized carbons (Fsp3) is 0.500. The first-order chi connectivity index (χ1) is 3.72. The molecule has 6 heteroatoms. The predicted molar refractivity (Wildman–Crippen MR) is 27.9 cm³/mol. The molecular weight excluding hydrogens is 133 g/mol. The summed E-state index contributed by atoms with van der Waals surface area (Å²) in [5.41, 5.74) is 0. The van der Waals surface area contributed by atoms with Gasteiger partial charge in [-0.15, -0.1) is 4.91 Å². The third-order valence-corrected chi connectivity index (χ3v) is 0.659. The van der Waals surface area contributed by atoms with Gasteiger partial charge in [-0.1, -0.05) is 0 Å². The first-order valence-corrected chi connectivity index (χ1v) is 2.07. The van der Waals surface area contributed by atoms with E-state index in [1.807, 2.05) is 0 Å². The molecule has 0 aromatic heterocycles. The molecular formula is C2H4ClN3O2. The van der Waals surface area contributed by atoms with Crippen LogP contribution in [0.1, 0.15) is 0 Å². The van der Waals surface area contributed by atoms with Crippen LogP contribution in [0.15, 0.2) is 5.29 Å². The number of nitrogens with one attached hydrogen (secondary N) is 1. The van der Waals surface area contributed by atoms with Crippen LogP contribution in [0.3, 0.4) is 0 Å². The van der Waals surface area contributed by atoms with E-state index in [2.05, 4.69) is 5.29 Å². The highest BCUT2D eigenvalue weighted by atomic mass is 35.5. The van der Waals surface area contributed by atoms with E-state index in [1.54, 1.807) is 4.84 Å². The molecule has 1 N–H and O–H groups in total. The normalized spacial score (nSPS) is 7.75. The van der Waals surface area contributed by atoms with E-state index in [1.165, 1.54) is 7.05 Å². The molecule has 0 rings (SSSR count). The number of urea groups is 1. The molecule has 0 aliphatic heterocycles. The zero-order valence-electron chi connectivity index (χ0n) is 4.09. The quantitative estimate of drug-likeness (QED) is 0.324. The summed E-state index contributed by atoms with van der Waals surface area (Å²) in [7, 11) is 1.19. The molecule has 0 saturated heterocycles. The van der Waals surface area contributed by atoms with E-state index >= 15 is 0 Å². The molecule has 46 valence electrons. The largest absolute Gasteiger partial charge is 0.354 e. The molecule has 0 heterocycles. The maximum atomic E-state index is 10.1. The fourth-order valence-corrected chi connectivity index (χ4v) is 0.221. The lowest BCUT2D eigenvalue weighted by molar-refractivity contribution is 0.216. The summed E-state index contributed by atoms with van der Waals surface area (Å²) in [6.45, 7) is 0. The Bertz CT molecular complexity index is 105. The number of nitrogens with zero attached hydrogens (tertiary/aromatic N) is 2. The summed E-state index contributed by atoms with van der Waals surface area (Å²) in [6, 6.07) is -0.748. The van der Waals surface area contributed by atoms with E-state index in [4.69, 9.17) is 11.8 Å². The Morgan fingerprint density at radius 2 is 2.38 bits per heavy atom. The molecule has 0 fully saturated rings. The van der Waals surface area contributed by atoms with Gasteiger partial charge in [-0.3, -0.25) is 0 Å². The van der Waals surface area contributed by atoms with Crippen molar-refractivity contribution < 1.29 is 4.79 Å². The van der Waals surface area contributed by atoms with Gasteiger partial charge in [-0.05, 0) is 0 Å². The number of hydrogen-bond acceptors (Lipinski definition) is 3. The molecule has 0 bridgehead atoms. The molecule has 0 atom stereocenters. The minimum atomic E-state index is -0.748. The average Bonchev–Trinajstić information content (AvgIpc) is 1.84. The lowest BCUT2D eigenvalue weighted by Gasteiger charge is -2.00. The summed E-state index contributed by atoms with van der Waals surface area (Å²) in [5, 5.41) is 2.78. The second-order valence-electron chi connectivity index (χ2n) is 1.00. The Kier molecular flexibility index (Phi) is 2.86. The first-order valence-electron chi connectivity index (χ1n) is 1.70. The van der Waals surface area contributed by atoms with Crippen LogP contribution in [0.2, 0.25) is 0 Å². The van der Waals surface area contributed by atoms with Gasteiger partial charge in [0.2, 0.25) is 0 Å². The highest BCUT2D eigenvalue weighted by Gasteiger charge is 2.03. The van der Waals surface area contributed by atoms with Crippen molar-refractivity contribution in [3.63, 3.8) is 0 Å². The van der Waals surface area contributed by atoms with Crippen molar-refractivity contribution in [3.8, 4) is 0 Å². The first kappa shape index (κ1) is 7.16. The van der Waals surface area contributed by atoms with Crippen LogP contribution in [0, 0.1) is 4.91 Å². The van der Waals surface area contributed by atoms with Crippen molar-refractivity contribution in [2.45, 2.75) is 0 Å². The van der Waals surface area contributed by atoms with Gasteiger partial charge in [-0.2, -0.15) is 5.01 Å². The van der Waals surface area contributed by atoms with Crippen LogP contribution in [0.5, 0.6) is 0 Å². The van der Waals surface area contributed by atoms with Gasteiger partial charge in [0.15, 0.2) is 0 Å². The molecule has 0 saturated carbocycles. The Balaban J connectivity index is 3.62. The van der Waals surface area contributed by atoms with Gasteiger partial charge in [-0.25, -0.2) is 9.63 Å². The lowest BCUT2D eigenvalue weighted by Crippen LogP contribution is -2.27. The smallest absolute Gasteiger partial charge is 0.248 e. The maximum Gasteiger partial charge on any atom is 0.354 e. The molecule has 2 amide bonds. The number of amides is 2. The van der Waals surface area contributed by atoms with Gasteiger partial charge < -0.3 is 0 Å². The second-order valence-corrected chi connectivity index (χ2v) is 1.19. The van der Waals surface area contributed by atoms with Crippen molar-refractivity contribution in [2.24, 2.45) is 5.29 Å². The van der Waals surface area contributed by atoms with Gasteiger partial charge in [0.1, 0.15) is 0 Å². The van der Waals surface area contributed by atoms with Crippen LogP contribution >= 0.6 is 11.8 Å². The molecule has 8 heavy (non-hydrogen) atoms. The van der Waals surface area contributed by atoms with Gasteiger partial charge >= 0.3 is 6.03 Å². The Morgan fingerprint density at radius 3 is 2.50 bits per heavy atom. The molecule has 0 spiro atoms. The highest BCUT2D eigenvalue weighted by Crippen LogP contribution is 1.82. The number of hydrogen-bond donors (Lipinski definition) is 1. The summed E-state index contributed by atoms with van der Waals surface area (Å²) < 4.78 is 0. The van der Waals surface area contributed by atoms with Crippen molar-refractivity contribution >= 4 is 17.8 Å². The zero-order valence-corrected chi connectivity index (χ0v) is 4.84. The van der Waals surface area contributed by atoms with Crippen LogP contribution in [0.25, 0.3) is 0 Å². The monoisotopic (exact) mass is 137 g/mol. The van der Waals surface area contributed by atoms with Crippen molar-refractivity contribution in [2.75, 3.05) is 7.05 Å². The van der Waals surface area contributed by atoms with Crippen molar-refractivity contribution in [3.05, 3.63) is 4.91 Å². The third kappa shape index (κ3) is 1.74. The van der Waals surface area contributed by atoms with Crippen LogP contribution in [-0.2, 0) is 0 Å². The molecule has 0 unspecified atom stereocenters. The summed E-state index contributed by atoms with van der Waals surface area (Å²) in [6.07, 6.45) is 0. The predicted octanol–water partition coefficient (Wildman–Crippen LogP) is 0.463. The van der Waals surface area contributed by atoms with E-state index < -0.39 is 6.03 Å². The van der Waals surface area contributed by atoms with Crippen molar-refractivity contribution in [1.29, 1.82) is 0 Å². The average molecular weight is 138 g/mol. The number of carbonyl (C=O) groups excluding carboxylic acids is 1. The minimum Gasteiger partial charge on any atom is -0.248 e. The van der Waals surface area contributed by atoms with Gasteiger partial charge in [0, 0.05) is 18.8 Å². The molecule has 0 aliphatic carbocycles. The molecule has 0 radical (unpaired) electrons. The van der Waals surface area contributed by atoms with E-state index in [0.29, 0.717) is 5.01 Å². The molecule has 0 aliphatic rings. The Hall–Kier alpha value is -0.840. The lowest BCUT2D eigenvalue weighted by atomic mass is 11.0. The van der Waals surface area contributed by atoms with E-state index in [0.717, 1.165) is 0 Å². The molecule has 0 aromatic rings. The molecule has 5 nitrogen and oxygen atoms in total. The van der Waals surface area contributed by atoms with Crippen molar-refractivity contribution in [1.82, 2.24) is 9.84 Å². The standard InChI is InChI=1S/C2H4ClN3O2/c1-6(5-8)2(7)4-3/h1H3,(H,4,7). The number of rotatable bonds is 1. The summed E-state index contributed by atoms with van der Waals surface area (Å²) in [5.74, 6) is 0. The number of halogens is 1. The second kappa shape index (κ2) is 3.20. The van der Waals surface area contributed by atoms with Crippen LogP contribution in [0.4, 0.5) is 4.79 Å². The topological polar surface area (TPSA) is 61.8 Å². The maximum absolute atomic E-state index is 10.1. The Labute approximate surface area is 50.7 Å².